The summed E-state index contributed by atoms with van der Waals surface area (Å²) in [4.78, 5) is 16.0. The Hall–Kier alpha value is -1.39. The first-order chi connectivity index (χ1) is 9.45. The van der Waals surface area contributed by atoms with Gasteiger partial charge in [0.05, 0.1) is 5.41 Å². The minimum absolute atomic E-state index is 0.464. The van der Waals surface area contributed by atoms with Crippen LogP contribution < -0.4 is 0 Å². The second-order valence-corrected chi connectivity index (χ2v) is 5.97. The molecule has 5 heteroatoms. The summed E-state index contributed by atoms with van der Waals surface area (Å²) >= 11 is 0. The molecule has 0 bridgehead atoms. The number of rotatable bonds is 9. The van der Waals surface area contributed by atoms with E-state index in [0.717, 1.165) is 25.2 Å². The highest BCUT2D eigenvalue weighted by Gasteiger charge is 2.37. The lowest BCUT2D eigenvalue weighted by Crippen LogP contribution is -2.34. The Balaban J connectivity index is 2.94. The highest BCUT2D eigenvalue weighted by atomic mass is 16.4. The van der Waals surface area contributed by atoms with Crippen LogP contribution in [0.25, 0.3) is 0 Å². The zero-order chi connectivity index (χ0) is 15.2. The molecule has 1 aromatic rings. The largest absolute Gasteiger partial charge is 0.481 e. The number of carboxylic acids is 1. The molecule has 0 aliphatic heterocycles. The Bertz CT molecular complexity index is 429. The van der Waals surface area contributed by atoms with E-state index in [9.17, 15) is 9.90 Å². The maximum absolute atomic E-state index is 11.8. The SMILES string of the molecule is CCCCC(CC)(Cc1ncnn1CC(C)C)C(=O)O. The second-order valence-electron chi connectivity index (χ2n) is 5.97. The zero-order valence-corrected chi connectivity index (χ0v) is 13.1. The van der Waals surface area contributed by atoms with Crippen LogP contribution in [0.15, 0.2) is 6.33 Å². The molecule has 1 unspecified atom stereocenters. The molecule has 0 fully saturated rings. The molecule has 0 aliphatic rings. The average molecular weight is 281 g/mol. The van der Waals surface area contributed by atoms with Crippen LogP contribution in [0.4, 0.5) is 0 Å². The Morgan fingerprint density at radius 2 is 2.15 bits per heavy atom. The van der Waals surface area contributed by atoms with Crippen molar-refractivity contribution < 1.29 is 9.90 Å². The monoisotopic (exact) mass is 281 g/mol. The maximum Gasteiger partial charge on any atom is 0.310 e. The van der Waals surface area contributed by atoms with Crippen LogP contribution in [-0.2, 0) is 17.8 Å². The zero-order valence-electron chi connectivity index (χ0n) is 13.1. The van der Waals surface area contributed by atoms with Crippen molar-refractivity contribution >= 4 is 5.97 Å². The van der Waals surface area contributed by atoms with Gasteiger partial charge in [0, 0.05) is 13.0 Å². The van der Waals surface area contributed by atoms with E-state index in [1.165, 1.54) is 6.33 Å². The lowest BCUT2D eigenvalue weighted by molar-refractivity contribution is -0.150. The van der Waals surface area contributed by atoms with Gasteiger partial charge in [-0.1, -0.05) is 40.5 Å². The van der Waals surface area contributed by atoms with Crippen molar-refractivity contribution in [3.63, 3.8) is 0 Å². The number of hydrogen-bond donors (Lipinski definition) is 1. The molecular formula is C15H27N3O2. The first-order valence-electron chi connectivity index (χ1n) is 7.55. The molecule has 1 atom stereocenters. The molecule has 0 amide bonds. The summed E-state index contributed by atoms with van der Waals surface area (Å²) < 4.78 is 1.85. The molecule has 114 valence electrons. The van der Waals surface area contributed by atoms with E-state index < -0.39 is 11.4 Å². The molecule has 0 saturated carbocycles. The van der Waals surface area contributed by atoms with Crippen LogP contribution in [0.5, 0.6) is 0 Å². The molecule has 0 spiro atoms. The van der Waals surface area contributed by atoms with Crippen molar-refractivity contribution in [2.24, 2.45) is 11.3 Å². The highest BCUT2D eigenvalue weighted by molar-refractivity contribution is 5.74. The van der Waals surface area contributed by atoms with Gasteiger partial charge >= 0.3 is 5.97 Å². The Morgan fingerprint density at radius 1 is 1.45 bits per heavy atom. The van der Waals surface area contributed by atoms with Crippen molar-refractivity contribution in [1.29, 1.82) is 0 Å². The Morgan fingerprint density at radius 3 is 2.65 bits per heavy atom. The van der Waals surface area contributed by atoms with E-state index in [1.807, 2.05) is 11.6 Å². The lowest BCUT2D eigenvalue weighted by Gasteiger charge is -2.28. The summed E-state index contributed by atoms with van der Waals surface area (Å²) in [6.07, 6.45) is 5.25. The van der Waals surface area contributed by atoms with Gasteiger partial charge in [-0.05, 0) is 18.8 Å². The summed E-state index contributed by atoms with van der Waals surface area (Å²) in [6, 6.07) is 0. The number of nitrogens with zero attached hydrogens (tertiary/aromatic N) is 3. The normalized spacial score (nSPS) is 14.4. The molecule has 1 aromatic heterocycles. The highest BCUT2D eigenvalue weighted by Crippen LogP contribution is 2.33. The van der Waals surface area contributed by atoms with Gasteiger partial charge < -0.3 is 5.11 Å². The summed E-state index contributed by atoms with van der Waals surface area (Å²) in [6.45, 7) is 9.05. The molecule has 1 heterocycles. The quantitative estimate of drug-likeness (QED) is 0.755. The summed E-state index contributed by atoms with van der Waals surface area (Å²) in [5, 5.41) is 13.9. The van der Waals surface area contributed by atoms with Crippen LogP contribution in [-0.4, -0.2) is 25.8 Å². The number of carboxylic acid groups (broad SMARTS) is 1. The van der Waals surface area contributed by atoms with Gasteiger partial charge in [-0.2, -0.15) is 5.10 Å². The van der Waals surface area contributed by atoms with Crippen LogP contribution >= 0.6 is 0 Å². The summed E-state index contributed by atoms with van der Waals surface area (Å²) in [7, 11) is 0. The van der Waals surface area contributed by atoms with E-state index in [1.54, 1.807) is 0 Å². The van der Waals surface area contributed by atoms with E-state index >= 15 is 0 Å². The molecule has 1 rings (SSSR count). The van der Waals surface area contributed by atoms with Crippen LogP contribution in [0.1, 0.15) is 59.2 Å². The van der Waals surface area contributed by atoms with Gasteiger partial charge in [-0.15, -0.1) is 0 Å². The fourth-order valence-corrected chi connectivity index (χ4v) is 2.47. The maximum atomic E-state index is 11.8. The third-order valence-electron chi connectivity index (χ3n) is 3.87. The van der Waals surface area contributed by atoms with Gasteiger partial charge in [-0.25, -0.2) is 9.67 Å². The molecule has 1 N–H and O–H groups in total. The minimum atomic E-state index is -0.715. The van der Waals surface area contributed by atoms with Crippen LogP contribution in [0.2, 0.25) is 0 Å². The summed E-state index contributed by atoms with van der Waals surface area (Å²) in [5.41, 5.74) is -0.711. The number of aromatic nitrogens is 3. The van der Waals surface area contributed by atoms with E-state index in [0.29, 0.717) is 25.2 Å². The molecule has 5 nitrogen and oxygen atoms in total. The third kappa shape index (κ3) is 4.05. The molecule has 0 aromatic carbocycles. The Kier molecular flexibility index (Phi) is 6.17. The fourth-order valence-electron chi connectivity index (χ4n) is 2.47. The molecule has 0 aliphatic carbocycles. The lowest BCUT2D eigenvalue weighted by atomic mass is 9.77. The van der Waals surface area contributed by atoms with Crippen molar-refractivity contribution in [3.05, 3.63) is 12.2 Å². The van der Waals surface area contributed by atoms with Gasteiger partial charge in [-0.3, -0.25) is 4.79 Å². The van der Waals surface area contributed by atoms with Gasteiger partial charge in [0.1, 0.15) is 12.2 Å². The van der Waals surface area contributed by atoms with Gasteiger partial charge in [0.25, 0.3) is 0 Å². The first kappa shape index (κ1) is 16.7. The van der Waals surface area contributed by atoms with Crippen molar-refractivity contribution in [3.8, 4) is 0 Å². The minimum Gasteiger partial charge on any atom is -0.481 e. The topological polar surface area (TPSA) is 68.0 Å². The number of aliphatic carboxylic acids is 1. The standard InChI is InChI=1S/C15H27N3O2/c1-5-7-8-15(6-2,14(19)20)9-13-16-11-17-18(13)10-12(3)4/h11-12H,5-10H2,1-4H3,(H,19,20). The van der Waals surface area contributed by atoms with Crippen molar-refractivity contribution in [2.45, 2.75) is 66.3 Å². The molecular weight excluding hydrogens is 254 g/mol. The fraction of sp³-hybridized carbons (Fsp3) is 0.800. The van der Waals surface area contributed by atoms with Crippen molar-refractivity contribution in [1.82, 2.24) is 14.8 Å². The average Bonchev–Trinajstić information content (AvgIpc) is 2.80. The van der Waals surface area contributed by atoms with Gasteiger partial charge in [0.15, 0.2) is 0 Å². The molecule has 0 saturated heterocycles. The van der Waals surface area contributed by atoms with E-state index in [-0.39, 0.29) is 0 Å². The van der Waals surface area contributed by atoms with Crippen LogP contribution in [0, 0.1) is 11.3 Å². The predicted molar refractivity (Wildman–Crippen MR) is 78.4 cm³/mol. The predicted octanol–water partition coefficient (Wildman–Crippen LogP) is 3.15. The number of carbonyl (C=O) groups is 1. The number of unbranched alkanes of at least 4 members (excludes halogenated alkanes) is 1. The molecule has 0 radical (unpaired) electrons. The second kappa shape index (κ2) is 7.41. The van der Waals surface area contributed by atoms with E-state index in [2.05, 4.69) is 30.9 Å². The smallest absolute Gasteiger partial charge is 0.310 e. The first-order valence-corrected chi connectivity index (χ1v) is 7.55. The summed E-state index contributed by atoms with van der Waals surface area (Å²) in [5.74, 6) is 0.540. The third-order valence-corrected chi connectivity index (χ3v) is 3.87. The van der Waals surface area contributed by atoms with Crippen molar-refractivity contribution in [2.75, 3.05) is 0 Å². The van der Waals surface area contributed by atoms with E-state index in [4.69, 9.17) is 0 Å². The Labute approximate surface area is 121 Å². The number of hydrogen-bond acceptors (Lipinski definition) is 3. The molecule has 20 heavy (non-hydrogen) atoms. The van der Waals surface area contributed by atoms with Gasteiger partial charge in [0.2, 0.25) is 0 Å². The van der Waals surface area contributed by atoms with Crippen LogP contribution in [0.3, 0.4) is 0 Å².